The number of hydrogen-bond acceptors (Lipinski definition) is 4. The zero-order valence-electron chi connectivity index (χ0n) is 21.8. The minimum absolute atomic E-state index is 0.250. The highest BCUT2D eigenvalue weighted by atomic mass is 35.5. The molecule has 0 aliphatic carbocycles. The fraction of sp³-hybridized carbons (Fsp3) is 0.147. The van der Waals surface area contributed by atoms with Gasteiger partial charge in [0.1, 0.15) is 11.9 Å². The van der Waals surface area contributed by atoms with Gasteiger partial charge in [0.25, 0.3) is 0 Å². The lowest BCUT2D eigenvalue weighted by atomic mass is 9.83. The van der Waals surface area contributed by atoms with Crippen LogP contribution >= 0.6 is 11.6 Å². The van der Waals surface area contributed by atoms with Crippen LogP contribution in [0.2, 0.25) is 5.02 Å². The summed E-state index contributed by atoms with van der Waals surface area (Å²) in [6.07, 6.45) is 4.57. The van der Waals surface area contributed by atoms with Crippen LogP contribution in [0.15, 0.2) is 110 Å². The van der Waals surface area contributed by atoms with Crippen molar-refractivity contribution in [2.75, 3.05) is 13.1 Å². The summed E-state index contributed by atoms with van der Waals surface area (Å²) >= 11 is 6.47. The lowest BCUT2D eigenvalue weighted by Gasteiger charge is -2.40. The number of aliphatic hydroxyl groups is 1. The van der Waals surface area contributed by atoms with Gasteiger partial charge in [-0.2, -0.15) is 0 Å². The number of ether oxygens (including phenoxy) is 1. The zero-order valence-corrected chi connectivity index (χ0v) is 22.5. The molecule has 1 fully saturated rings. The molecule has 1 aromatic heterocycles. The molecule has 2 aliphatic rings. The predicted molar refractivity (Wildman–Crippen MR) is 159 cm³/mol. The van der Waals surface area contributed by atoms with Crippen molar-refractivity contribution >= 4 is 34.2 Å². The number of halogens is 1. The van der Waals surface area contributed by atoms with Gasteiger partial charge >= 0.3 is 5.97 Å². The third kappa shape index (κ3) is 3.97. The first-order valence-electron chi connectivity index (χ1n) is 13.5. The second-order valence-corrected chi connectivity index (χ2v) is 10.9. The highest BCUT2D eigenvalue weighted by molar-refractivity contribution is 6.31. The molecule has 1 saturated heterocycles. The maximum Gasteiger partial charge on any atom is 0.339 e. The van der Waals surface area contributed by atoms with Gasteiger partial charge in [-0.25, -0.2) is 4.79 Å². The maximum absolute atomic E-state index is 12.6. The Hall–Kier alpha value is -4.48. The number of hydrogen-bond donors (Lipinski definition) is 1. The standard InChI is InChI=1S/C34H27ClN2O3/c35-25-13-14-27-29(21-37(31(27)20-25)26-10-6-9-24(19-26)23-7-2-1-3-8-23)32(22-38)36-17-15-34(16-18-36)30-12-5-4-11-28(30)33(39)40-34/h1-14,19-22,38H,15-18H2/b32-22+. The summed E-state index contributed by atoms with van der Waals surface area (Å²) in [6, 6.07) is 32.2. The van der Waals surface area contributed by atoms with Gasteiger partial charge in [0.2, 0.25) is 0 Å². The number of piperidine rings is 1. The summed E-state index contributed by atoms with van der Waals surface area (Å²) in [6.45, 7) is 1.27. The van der Waals surface area contributed by atoms with E-state index in [0.29, 0.717) is 36.5 Å². The van der Waals surface area contributed by atoms with Crippen LogP contribution in [0, 0.1) is 0 Å². The molecule has 0 amide bonds. The monoisotopic (exact) mass is 546 g/mol. The quantitative estimate of drug-likeness (QED) is 0.183. The Morgan fingerprint density at radius 2 is 1.62 bits per heavy atom. The molecule has 3 heterocycles. The molecule has 198 valence electrons. The molecule has 1 N–H and O–H groups in total. The number of aromatic nitrogens is 1. The van der Waals surface area contributed by atoms with Crippen molar-refractivity contribution in [2.45, 2.75) is 18.4 Å². The van der Waals surface area contributed by atoms with E-state index in [9.17, 15) is 9.90 Å². The van der Waals surface area contributed by atoms with Crippen molar-refractivity contribution < 1.29 is 14.6 Å². The van der Waals surface area contributed by atoms with Crippen molar-refractivity contribution in [3.8, 4) is 16.8 Å². The lowest BCUT2D eigenvalue weighted by molar-refractivity contribution is -0.0357. The van der Waals surface area contributed by atoms with Gasteiger partial charge in [0.15, 0.2) is 0 Å². The largest absolute Gasteiger partial charge is 0.513 e. The third-order valence-electron chi connectivity index (χ3n) is 8.24. The van der Waals surface area contributed by atoms with Crippen molar-refractivity contribution in [1.82, 2.24) is 9.47 Å². The van der Waals surface area contributed by atoms with Gasteiger partial charge in [-0.15, -0.1) is 0 Å². The van der Waals surface area contributed by atoms with Crippen molar-refractivity contribution in [3.05, 3.63) is 131 Å². The molecule has 40 heavy (non-hydrogen) atoms. The summed E-state index contributed by atoms with van der Waals surface area (Å²) in [4.78, 5) is 14.7. The third-order valence-corrected chi connectivity index (χ3v) is 8.47. The van der Waals surface area contributed by atoms with Crippen molar-refractivity contribution in [3.63, 3.8) is 0 Å². The predicted octanol–water partition coefficient (Wildman–Crippen LogP) is 7.97. The van der Waals surface area contributed by atoms with Gasteiger partial charge in [-0.1, -0.05) is 78.3 Å². The van der Waals surface area contributed by atoms with Crippen LogP contribution in [0.3, 0.4) is 0 Å². The number of rotatable bonds is 4. The molecule has 0 atom stereocenters. The molecule has 0 unspecified atom stereocenters. The van der Waals surface area contributed by atoms with Crippen LogP contribution in [0.25, 0.3) is 33.4 Å². The maximum atomic E-state index is 12.6. The Balaban J connectivity index is 1.25. The molecule has 0 radical (unpaired) electrons. The average molecular weight is 547 g/mol. The normalized spacial score (nSPS) is 16.4. The van der Waals surface area contributed by atoms with Crippen LogP contribution < -0.4 is 0 Å². The van der Waals surface area contributed by atoms with Crippen LogP contribution in [-0.2, 0) is 10.3 Å². The van der Waals surface area contributed by atoms with Gasteiger partial charge in [0, 0.05) is 59.4 Å². The number of esters is 1. The zero-order chi connectivity index (χ0) is 27.3. The second kappa shape index (κ2) is 9.61. The van der Waals surface area contributed by atoms with Crippen LogP contribution in [0.4, 0.5) is 0 Å². The van der Waals surface area contributed by atoms with E-state index in [4.69, 9.17) is 16.3 Å². The van der Waals surface area contributed by atoms with E-state index in [0.717, 1.165) is 44.5 Å². The molecule has 5 nitrogen and oxygen atoms in total. The SMILES string of the molecule is O=C1OC2(CCN(/C(=C/O)c3cn(-c4cccc(-c5ccccc5)c4)c4cc(Cl)ccc34)CC2)c2ccccc21. The Kier molecular flexibility index (Phi) is 5.90. The molecule has 0 bridgehead atoms. The second-order valence-electron chi connectivity index (χ2n) is 10.4. The molecule has 0 saturated carbocycles. The Morgan fingerprint density at radius 3 is 2.42 bits per heavy atom. The number of carbonyl (C=O) groups excluding carboxylic acids is 1. The van der Waals surface area contributed by atoms with E-state index in [1.54, 1.807) is 0 Å². The number of carbonyl (C=O) groups is 1. The van der Waals surface area contributed by atoms with Crippen LogP contribution in [-0.4, -0.2) is 33.6 Å². The number of likely N-dealkylation sites (tertiary alicyclic amines) is 1. The van der Waals surface area contributed by atoms with Gasteiger partial charge in [0.05, 0.1) is 16.8 Å². The summed E-state index contributed by atoms with van der Waals surface area (Å²) in [5, 5.41) is 12.2. The van der Waals surface area contributed by atoms with Gasteiger partial charge in [-0.05, 0) is 41.5 Å². The van der Waals surface area contributed by atoms with Crippen LogP contribution in [0.5, 0.6) is 0 Å². The molecule has 1 spiro atoms. The first kappa shape index (κ1) is 24.6. The molecule has 5 aromatic rings. The summed E-state index contributed by atoms with van der Waals surface area (Å²) in [7, 11) is 0. The van der Waals surface area contributed by atoms with E-state index in [-0.39, 0.29) is 5.97 Å². The first-order valence-corrected chi connectivity index (χ1v) is 13.8. The molecule has 6 heteroatoms. The number of fused-ring (bicyclic) bond motifs is 3. The van der Waals surface area contributed by atoms with Crippen LogP contribution in [0.1, 0.15) is 34.3 Å². The smallest absolute Gasteiger partial charge is 0.339 e. The Labute approximate surface area is 237 Å². The summed E-state index contributed by atoms with van der Waals surface area (Å²) in [5.74, 6) is -0.250. The first-order chi connectivity index (χ1) is 19.6. The Morgan fingerprint density at radius 1 is 0.875 bits per heavy atom. The van der Waals surface area contributed by atoms with E-state index in [2.05, 4.69) is 52.1 Å². The van der Waals surface area contributed by atoms with E-state index in [1.165, 1.54) is 6.26 Å². The average Bonchev–Trinajstić information content (AvgIpc) is 3.50. The fourth-order valence-corrected chi connectivity index (χ4v) is 6.40. The Bertz CT molecular complexity index is 1780. The van der Waals surface area contributed by atoms with E-state index >= 15 is 0 Å². The highest BCUT2D eigenvalue weighted by Crippen LogP contribution is 2.45. The van der Waals surface area contributed by atoms with Gasteiger partial charge < -0.3 is 19.3 Å². The minimum atomic E-state index is -0.607. The molecule has 4 aromatic carbocycles. The van der Waals surface area contributed by atoms with Crippen molar-refractivity contribution in [2.24, 2.45) is 0 Å². The fourth-order valence-electron chi connectivity index (χ4n) is 6.23. The number of benzene rings is 4. The van der Waals surface area contributed by atoms with Gasteiger partial charge in [-0.3, -0.25) is 0 Å². The number of nitrogens with zero attached hydrogens (tertiary/aromatic N) is 2. The minimum Gasteiger partial charge on any atom is -0.513 e. The van der Waals surface area contributed by atoms with Crippen molar-refractivity contribution in [1.29, 1.82) is 0 Å². The molecular formula is C34H27ClN2O3. The van der Waals surface area contributed by atoms with E-state index in [1.807, 2.05) is 60.7 Å². The number of aliphatic hydroxyl groups excluding tert-OH is 1. The molecule has 2 aliphatic heterocycles. The molecule has 7 rings (SSSR count). The topological polar surface area (TPSA) is 54.7 Å². The molecular weight excluding hydrogens is 520 g/mol. The lowest BCUT2D eigenvalue weighted by Crippen LogP contribution is -2.42. The van der Waals surface area contributed by atoms with E-state index < -0.39 is 5.60 Å². The summed E-state index contributed by atoms with van der Waals surface area (Å²) < 4.78 is 8.09. The summed E-state index contributed by atoms with van der Waals surface area (Å²) in [5.41, 5.74) is 6.90. The highest BCUT2D eigenvalue weighted by Gasteiger charge is 2.47.